The first-order chi connectivity index (χ1) is 6.75. The van der Waals surface area contributed by atoms with E-state index in [1.807, 2.05) is 18.0 Å². The Hall–Kier alpha value is -0.260. The van der Waals surface area contributed by atoms with Crippen LogP contribution in [-0.4, -0.2) is 34.5 Å². The third-order valence-electron chi connectivity index (χ3n) is 2.51. The number of hydrogen-bond acceptors (Lipinski definition) is 5. The van der Waals surface area contributed by atoms with Crippen LogP contribution >= 0.6 is 23.1 Å². The quantitative estimate of drug-likeness (QED) is 0.856. The summed E-state index contributed by atoms with van der Waals surface area (Å²) in [6, 6.07) is 0.739. The van der Waals surface area contributed by atoms with E-state index in [0.29, 0.717) is 5.13 Å². The van der Waals surface area contributed by atoms with Crippen molar-refractivity contribution in [1.82, 2.24) is 9.88 Å². The lowest BCUT2D eigenvalue weighted by Crippen LogP contribution is -2.30. The fourth-order valence-electron chi connectivity index (χ4n) is 1.64. The molecular weight excluding hydrogens is 214 g/mol. The molecule has 0 spiro atoms. The molecular formula is C9H15N3S2. The van der Waals surface area contributed by atoms with Gasteiger partial charge in [0.25, 0.3) is 0 Å². The topological polar surface area (TPSA) is 42.2 Å². The summed E-state index contributed by atoms with van der Waals surface area (Å²) in [6.07, 6.45) is 3.20. The predicted octanol–water partition coefficient (Wildman–Crippen LogP) is 1.66. The maximum atomic E-state index is 5.59. The monoisotopic (exact) mass is 229 g/mol. The maximum Gasteiger partial charge on any atom is 0.180 e. The van der Waals surface area contributed by atoms with Crippen LogP contribution in [0.1, 0.15) is 11.3 Å². The summed E-state index contributed by atoms with van der Waals surface area (Å²) < 4.78 is 0. The number of nitrogen functional groups attached to an aromatic ring is 1. The summed E-state index contributed by atoms with van der Waals surface area (Å²) in [4.78, 5) is 7.74. The van der Waals surface area contributed by atoms with E-state index < -0.39 is 0 Å². The van der Waals surface area contributed by atoms with E-state index in [4.69, 9.17) is 5.73 Å². The highest BCUT2D eigenvalue weighted by atomic mass is 32.2. The molecule has 1 aromatic heterocycles. The zero-order valence-corrected chi connectivity index (χ0v) is 9.90. The molecule has 0 aromatic carbocycles. The second-order valence-electron chi connectivity index (χ2n) is 3.60. The Bertz CT molecular complexity index is 294. The van der Waals surface area contributed by atoms with Crippen molar-refractivity contribution >= 4 is 28.2 Å². The summed E-state index contributed by atoms with van der Waals surface area (Å²) >= 11 is 3.64. The van der Waals surface area contributed by atoms with Crippen LogP contribution in [0.2, 0.25) is 0 Å². The van der Waals surface area contributed by atoms with E-state index in [9.17, 15) is 0 Å². The van der Waals surface area contributed by atoms with Gasteiger partial charge in [-0.05, 0) is 19.2 Å². The summed E-state index contributed by atoms with van der Waals surface area (Å²) in [5, 5.41) is 0.675. The van der Waals surface area contributed by atoms with Gasteiger partial charge in [-0.15, -0.1) is 11.3 Å². The van der Waals surface area contributed by atoms with Crippen molar-refractivity contribution in [2.45, 2.75) is 19.0 Å². The molecule has 0 bridgehead atoms. The number of hydrogen-bond donors (Lipinski definition) is 1. The van der Waals surface area contributed by atoms with Crippen LogP contribution in [0.5, 0.6) is 0 Å². The van der Waals surface area contributed by atoms with Crippen molar-refractivity contribution in [3.63, 3.8) is 0 Å². The summed E-state index contributed by atoms with van der Waals surface area (Å²) in [5.41, 5.74) is 5.59. The van der Waals surface area contributed by atoms with Gasteiger partial charge in [-0.3, -0.25) is 4.90 Å². The number of aromatic nitrogens is 1. The van der Waals surface area contributed by atoms with Crippen molar-refractivity contribution in [2.24, 2.45) is 0 Å². The zero-order chi connectivity index (χ0) is 9.97. The fraction of sp³-hybridized carbons (Fsp3) is 0.667. The molecule has 0 radical (unpaired) electrons. The first-order valence-corrected chi connectivity index (χ1v) is 6.71. The SMILES string of the molecule is CN(Cc1cnc(N)s1)C1CCSC1. The van der Waals surface area contributed by atoms with Gasteiger partial charge in [-0.25, -0.2) is 4.98 Å². The van der Waals surface area contributed by atoms with Gasteiger partial charge in [0.15, 0.2) is 5.13 Å². The van der Waals surface area contributed by atoms with Crippen molar-refractivity contribution in [2.75, 3.05) is 24.3 Å². The van der Waals surface area contributed by atoms with Gasteiger partial charge in [-0.2, -0.15) is 11.8 Å². The van der Waals surface area contributed by atoms with Crippen LogP contribution in [0.4, 0.5) is 5.13 Å². The van der Waals surface area contributed by atoms with Gasteiger partial charge in [0.2, 0.25) is 0 Å². The number of anilines is 1. The number of nitrogens with zero attached hydrogens (tertiary/aromatic N) is 2. The summed E-state index contributed by atoms with van der Waals surface area (Å²) in [6.45, 7) is 0.986. The van der Waals surface area contributed by atoms with Crippen LogP contribution in [-0.2, 0) is 6.54 Å². The average molecular weight is 229 g/mol. The van der Waals surface area contributed by atoms with E-state index >= 15 is 0 Å². The van der Waals surface area contributed by atoms with Crippen molar-refractivity contribution in [3.05, 3.63) is 11.1 Å². The van der Waals surface area contributed by atoms with Crippen LogP contribution in [0.15, 0.2) is 6.20 Å². The maximum absolute atomic E-state index is 5.59. The standard InChI is InChI=1S/C9H15N3S2/c1-12(7-2-3-13-6-7)5-8-4-11-9(10)14-8/h4,7H,2-3,5-6H2,1H3,(H2,10,11). The Labute approximate surface area is 92.7 Å². The van der Waals surface area contributed by atoms with Crippen molar-refractivity contribution < 1.29 is 0 Å². The molecule has 0 saturated carbocycles. The average Bonchev–Trinajstić information content (AvgIpc) is 2.75. The second kappa shape index (κ2) is 4.51. The first-order valence-electron chi connectivity index (χ1n) is 4.74. The van der Waals surface area contributed by atoms with Crippen LogP contribution in [0.25, 0.3) is 0 Å². The largest absolute Gasteiger partial charge is 0.375 e. The molecule has 5 heteroatoms. The molecule has 1 saturated heterocycles. The highest BCUT2D eigenvalue weighted by Crippen LogP contribution is 2.24. The van der Waals surface area contributed by atoms with Gasteiger partial charge < -0.3 is 5.73 Å². The molecule has 1 unspecified atom stereocenters. The van der Waals surface area contributed by atoms with Gasteiger partial charge in [-0.1, -0.05) is 0 Å². The van der Waals surface area contributed by atoms with Crippen molar-refractivity contribution in [1.29, 1.82) is 0 Å². The third kappa shape index (κ3) is 2.40. The fourth-order valence-corrected chi connectivity index (χ4v) is 3.69. The molecule has 1 aliphatic heterocycles. The Morgan fingerprint density at radius 3 is 3.14 bits per heavy atom. The zero-order valence-electron chi connectivity index (χ0n) is 8.27. The van der Waals surface area contributed by atoms with E-state index in [-0.39, 0.29) is 0 Å². The second-order valence-corrected chi connectivity index (χ2v) is 5.89. The summed E-state index contributed by atoms with van der Waals surface area (Å²) in [7, 11) is 2.19. The van der Waals surface area contributed by atoms with E-state index in [1.165, 1.54) is 22.8 Å². The Morgan fingerprint density at radius 2 is 2.57 bits per heavy atom. The Kier molecular flexibility index (Phi) is 3.30. The third-order valence-corrected chi connectivity index (χ3v) is 4.46. The number of thioether (sulfide) groups is 1. The van der Waals surface area contributed by atoms with E-state index in [1.54, 1.807) is 11.3 Å². The molecule has 14 heavy (non-hydrogen) atoms. The number of thiazole rings is 1. The molecule has 0 aliphatic carbocycles. The lowest BCUT2D eigenvalue weighted by molar-refractivity contribution is 0.256. The number of nitrogens with two attached hydrogens (primary N) is 1. The molecule has 2 rings (SSSR count). The first kappa shape index (κ1) is 10.3. The summed E-state index contributed by atoms with van der Waals surface area (Å²) in [5.74, 6) is 2.57. The lowest BCUT2D eigenvalue weighted by Gasteiger charge is -2.22. The number of rotatable bonds is 3. The molecule has 2 heterocycles. The van der Waals surface area contributed by atoms with Crippen molar-refractivity contribution in [3.8, 4) is 0 Å². The molecule has 1 aliphatic rings. The van der Waals surface area contributed by atoms with Gasteiger partial charge in [0.1, 0.15) is 0 Å². The van der Waals surface area contributed by atoms with Gasteiger partial charge in [0.05, 0.1) is 0 Å². The minimum atomic E-state index is 0.675. The molecule has 78 valence electrons. The van der Waals surface area contributed by atoms with E-state index in [0.717, 1.165) is 12.6 Å². The van der Waals surface area contributed by atoms with E-state index in [2.05, 4.69) is 16.9 Å². The minimum absolute atomic E-state index is 0.675. The molecule has 1 fully saturated rings. The van der Waals surface area contributed by atoms with Gasteiger partial charge in [0, 0.05) is 29.4 Å². The van der Waals surface area contributed by atoms with Crippen LogP contribution < -0.4 is 5.73 Å². The lowest BCUT2D eigenvalue weighted by atomic mass is 10.2. The predicted molar refractivity (Wildman–Crippen MR) is 63.7 cm³/mol. The molecule has 1 aromatic rings. The molecule has 1 atom stereocenters. The Morgan fingerprint density at radius 1 is 1.71 bits per heavy atom. The smallest absolute Gasteiger partial charge is 0.180 e. The normalized spacial score (nSPS) is 22.0. The highest BCUT2D eigenvalue weighted by Gasteiger charge is 2.20. The molecule has 2 N–H and O–H groups in total. The molecule has 0 amide bonds. The highest BCUT2D eigenvalue weighted by molar-refractivity contribution is 7.99. The molecule has 3 nitrogen and oxygen atoms in total. The van der Waals surface area contributed by atoms with Gasteiger partial charge >= 0.3 is 0 Å². The minimum Gasteiger partial charge on any atom is -0.375 e. The van der Waals surface area contributed by atoms with Crippen LogP contribution in [0.3, 0.4) is 0 Å². The Balaban J connectivity index is 1.90. The van der Waals surface area contributed by atoms with Crippen LogP contribution in [0, 0.1) is 0 Å².